The lowest BCUT2D eigenvalue weighted by Gasteiger charge is -2.03. The first-order valence-electron chi connectivity index (χ1n) is 6.89. The molecule has 0 N–H and O–H groups in total. The predicted molar refractivity (Wildman–Crippen MR) is 88.4 cm³/mol. The summed E-state index contributed by atoms with van der Waals surface area (Å²) >= 11 is 5.82. The summed E-state index contributed by atoms with van der Waals surface area (Å²) in [4.78, 5) is 16.6. The van der Waals surface area contributed by atoms with Crippen LogP contribution in [0.4, 0.5) is 0 Å². The number of hydrogen-bond acceptors (Lipinski definition) is 2. The fourth-order valence-corrected chi connectivity index (χ4v) is 2.07. The lowest BCUT2D eigenvalue weighted by Crippen LogP contribution is -2.05. The van der Waals surface area contributed by atoms with Crippen molar-refractivity contribution >= 4 is 23.1 Å². The number of nitrogens with zero attached hydrogens (tertiary/aromatic N) is 1. The van der Waals surface area contributed by atoms with Crippen LogP contribution in [-0.4, -0.2) is 11.5 Å². The van der Waals surface area contributed by atoms with Crippen LogP contribution >= 0.6 is 11.6 Å². The van der Waals surface area contributed by atoms with E-state index in [4.69, 9.17) is 11.6 Å². The molecule has 2 rings (SSSR count). The Morgan fingerprint density at radius 3 is 2.29 bits per heavy atom. The second-order valence-electron chi connectivity index (χ2n) is 5.14. The van der Waals surface area contributed by atoms with Crippen molar-refractivity contribution in [1.82, 2.24) is 0 Å². The normalized spacial score (nSPS) is 11.5. The molecule has 0 saturated heterocycles. The quantitative estimate of drug-likeness (QED) is 0.571. The molecule has 0 unspecified atom stereocenters. The molecule has 0 amide bonds. The SMILES string of the molecule is CC(CC(=O)c1ccc(Cl)cc1)=NCc1ccc(C)cc1. The maximum Gasteiger partial charge on any atom is 0.168 e. The van der Waals surface area contributed by atoms with Crippen molar-refractivity contribution in [2.24, 2.45) is 4.99 Å². The molecule has 0 spiro atoms. The van der Waals surface area contributed by atoms with Gasteiger partial charge in [0.05, 0.1) is 6.54 Å². The average Bonchev–Trinajstić information content (AvgIpc) is 2.47. The Bertz CT molecular complexity index is 642. The van der Waals surface area contributed by atoms with E-state index in [-0.39, 0.29) is 5.78 Å². The number of benzene rings is 2. The van der Waals surface area contributed by atoms with Gasteiger partial charge in [-0.05, 0) is 43.7 Å². The van der Waals surface area contributed by atoms with Crippen molar-refractivity contribution in [2.75, 3.05) is 0 Å². The van der Waals surface area contributed by atoms with Gasteiger partial charge in [-0.25, -0.2) is 0 Å². The van der Waals surface area contributed by atoms with Gasteiger partial charge in [0, 0.05) is 22.7 Å². The van der Waals surface area contributed by atoms with E-state index in [2.05, 4.69) is 36.2 Å². The Morgan fingerprint density at radius 2 is 1.67 bits per heavy atom. The first kappa shape index (κ1) is 15.5. The Balaban J connectivity index is 1.95. The molecule has 108 valence electrons. The maximum atomic E-state index is 12.1. The van der Waals surface area contributed by atoms with Crippen molar-refractivity contribution in [3.05, 3.63) is 70.2 Å². The van der Waals surface area contributed by atoms with Crippen LogP contribution in [0.15, 0.2) is 53.5 Å². The number of halogens is 1. The van der Waals surface area contributed by atoms with E-state index in [0.29, 0.717) is 23.6 Å². The van der Waals surface area contributed by atoms with Crippen LogP contribution in [0.1, 0.15) is 34.8 Å². The summed E-state index contributed by atoms with van der Waals surface area (Å²) < 4.78 is 0. The third-order valence-electron chi connectivity index (χ3n) is 3.23. The molecule has 2 aromatic carbocycles. The van der Waals surface area contributed by atoms with Gasteiger partial charge in [-0.2, -0.15) is 0 Å². The first-order chi connectivity index (χ1) is 10.0. The molecule has 0 aliphatic carbocycles. The first-order valence-corrected chi connectivity index (χ1v) is 7.26. The Morgan fingerprint density at radius 1 is 1.05 bits per heavy atom. The van der Waals surface area contributed by atoms with Gasteiger partial charge < -0.3 is 0 Å². The van der Waals surface area contributed by atoms with Crippen molar-refractivity contribution in [3.63, 3.8) is 0 Å². The summed E-state index contributed by atoms with van der Waals surface area (Å²) in [6, 6.07) is 15.2. The molecule has 0 aromatic heterocycles. The average molecular weight is 300 g/mol. The number of carbonyl (C=O) groups is 1. The van der Waals surface area contributed by atoms with Crippen molar-refractivity contribution in [3.8, 4) is 0 Å². The van der Waals surface area contributed by atoms with Gasteiger partial charge in [0.15, 0.2) is 5.78 Å². The molecular formula is C18H18ClNO. The summed E-state index contributed by atoms with van der Waals surface area (Å²) in [5.41, 5.74) is 3.90. The molecule has 3 heteroatoms. The second kappa shape index (κ2) is 7.19. The number of carbonyl (C=O) groups excluding carboxylic acids is 1. The van der Waals surface area contributed by atoms with E-state index in [1.807, 2.05) is 6.92 Å². The minimum Gasteiger partial charge on any atom is -0.294 e. The number of aryl methyl sites for hydroxylation is 1. The van der Waals surface area contributed by atoms with Crippen LogP contribution in [0.5, 0.6) is 0 Å². The molecule has 2 nitrogen and oxygen atoms in total. The number of rotatable bonds is 5. The smallest absolute Gasteiger partial charge is 0.168 e. The van der Waals surface area contributed by atoms with E-state index in [1.165, 1.54) is 5.56 Å². The van der Waals surface area contributed by atoms with E-state index in [1.54, 1.807) is 24.3 Å². The molecular weight excluding hydrogens is 282 g/mol. The summed E-state index contributed by atoms with van der Waals surface area (Å²) in [6.07, 6.45) is 0.341. The molecule has 0 fully saturated rings. The minimum absolute atomic E-state index is 0.0665. The highest BCUT2D eigenvalue weighted by Crippen LogP contribution is 2.12. The highest BCUT2D eigenvalue weighted by molar-refractivity contribution is 6.30. The molecule has 0 bridgehead atoms. The highest BCUT2D eigenvalue weighted by Gasteiger charge is 2.07. The van der Waals surface area contributed by atoms with Crippen molar-refractivity contribution in [1.29, 1.82) is 0 Å². The van der Waals surface area contributed by atoms with Gasteiger partial charge in [0.2, 0.25) is 0 Å². The zero-order valence-corrected chi connectivity index (χ0v) is 13.0. The van der Waals surface area contributed by atoms with E-state index in [0.717, 1.165) is 11.3 Å². The summed E-state index contributed by atoms with van der Waals surface area (Å²) in [5.74, 6) is 0.0665. The Labute approximate surface area is 130 Å². The monoisotopic (exact) mass is 299 g/mol. The fourth-order valence-electron chi connectivity index (χ4n) is 1.95. The zero-order valence-electron chi connectivity index (χ0n) is 12.3. The standard InChI is InChI=1S/C18H18ClNO/c1-13-3-5-15(6-4-13)12-20-14(2)11-18(21)16-7-9-17(19)10-8-16/h3-10H,11-12H2,1-2H3. The van der Waals surface area contributed by atoms with Crippen LogP contribution in [0, 0.1) is 6.92 Å². The molecule has 21 heavy (non-hydrogen) atoms. The summed E-state index contributed by atoms with van der Waals surface area (Å²) in [6.45, 7) is 4.56. The van der Waals surface area contributed by atoms with Crippen LogP contribution in [-0.2, 0) is 6.54 Å². The van der Waals surface area contributed by atoms with Crippen LogP contribution in [0.25, 0.3) is 0 Å². The van der Waals surface area contributed by atoms with Crippen LogP contribution < -0.4 is 0 Å². The van der Waals surface area contributed by atoms with Gasteiger partial charge >= 0.3 is 0 Å². The third kappa shape index (κ3) is 4.83. The Kier molecular flexibility index (Phi) is 5.29. The largest absolute Gasteiger partial charge is 0.294 e. The molecule has 0 aliphatic rings. The van der Waals surface area contributed by atoms with Gasteiger partial charge in [-0.15, -0.1) is 0 Å². The molecule has 0 aliphatic heterocycles. The lowest BCUT2D eigenvalue weighted by atomic mass is 10.1. The number of ketones is 1. The van der Waals surface area contributed by atoms with Gasteiger partial charge in [-0.3, -0.25) is 9.79 Å². The third-order valence-corrected chi connectivity index (χ3v) is 3.49. The molecule has 0 saturated carbocycles. The predicted octanol–water partition coefficient (Wildman–Crippen LogP) is 4.88. The molecule has 2 aromatic rings. The lowest BCUT2D eigenvalue weighted by molar-refractivity contribution is 0.100. The van der Waals surface area contributed by atoms with E-state index >= 15 is 0 Å². The maximum absolute atomic E-state index is 12.1. The topological polar surface area (TPSA) is 29.4 Å². The van der Waals surface area contributed by atoms with Gasteiger partial charge in [-0.1, -0.05) is 41.4 Å². The number of Topliss-reactive ketones (excluding diaryl/α,β-unsaturated/α-hetero) is 1. The van der Waals surface area contributed by atoms with Gasteiger partial charge in [0.1, 0.15) is 0 Å². The van der Waals surface area contributed by atoms with Crippen LogP contribution in [0.2, 0.25) is 5.02 Å². The van der Waals surface area contributed by atoms with Crippen molar-refractivity contribution < 1.29 is 4.79 Å². The zero-order chi connectivity index (χ0) is 15.2. The Hall–Kier alpha value is -1.93. The number of aliphatic imine (C=N–C) groups is 1. The molecule has 0 radical (unpaired) electrons. The van der Waals surface area contributed by atoms with Crippen molar-refractivity contribution in [2.45, 2.75) is 26.8 Å². The second-order valence-corrected chi connectivity index (χ2v) is 5.58. The summed E-state index contributed by atoms with van der Waals surface area (Å²) in [7, 11) is 0. The van der Waals surface area contributed by atoms with E-state index in [9.17, 15) is 4.79 Å². The molecule has 0 heterocycles. The fraction of sp³-hybridized carbons (Fsp3) is 0.222. The summed E-state index contributed by atoms with van der Waals surface area (Å²) in [5, 5.41) is 0.635. The van der Waals surface area contributed by atoms with E-state index < -0.39 is 0 Å². The van der Waals surface area contributed by atoms with Crippen LogP contribution in [0.3, 0.4) is 0 Å². The van der Waals surface area contributed by atoms with Gasteiger partial charge in [0.25, 0.3) is 0 Å². The minimum atomic E-state index is 0.0665. The number of hydrogen-bond donors (Lipinski definition) is 0. The highest BCUT2D eigenvalue weighted by atomic mass is 35.5. The molecule has 0 atom stereocenters.